The van der Waals surface area contributed by atoms with Gasteiger partial charge in [0.2, 0.25) is 0 Å². The molecule has 0 bridgehead atoms. The summed E-state index contributed by atoms with van der Waals surface area (Å²) in [6, 6.07) is 3.70. The van der Waals surface area contributed by atoms with Crippen LogP contribution in [0.4, 0.5) is 8.78 Å². The van der Waals surface area contributed by atoms with Crippen molar-refractivity contribution in [1.29, 1.82) is 0 Å². The second kappa shape index (κ2) is 4.81. The van der Waals surface area contributed by atoms with Crippen LogP contribution in [0.25, 0.3) is 0 Å². The Kier molecular flexibility index (Phi) is 3.97. The van der Waals surface area contributed by atoms with Crippen LogP contribution < -0.4 is 4.74 Å². The average molecular weight is 287 g/mol. The standard InChI is InChI=1S/C7H5BrF2O3S/c8-4-1-5(13-7(9)10)3-6(2-4)14(11)12/h1-3,7H,(H,11,12). The Morgan fingerprint density at radius 2 is 2.07 bits per heavy atom. The molecule has 0 saturated carbocycles. The van der Waals surface area contributed by atoms with Crippen LogP contribution in [0, 0.1) is 0 Å². The van der Waals surface area contributed by atoms with Gasteiger partial charge in [0.25, 0.3) is 0 Å². The van der Waals surface area contributed by atoms with Crippen molar-refractivity contribution < 1.29 is 22.3 Å². The molecular formula is C7H5BrF2O3S. The maximum Gasteiger partial charge on any atom is 0.387 e. The molecule has 0 aromatic heterocycles. The lowest BCUT2D eigenvalue weighted by molar-refractivity contribution is -0.0500. The fourth-order valence-corrected chi connectivity index (χ4v) is 1.88. The molecule has 1 aromatic carbocycles. The SMILES string of the molecule is O=S(O)c1cc(Br)cc(OC(F)F)c1. The molecule has 1 N–H and O–H groups in total. The van der Waals surface area contributed by atoms with Gasteiger partial charge in [-0.05, 0) is 18.2 Å². The van der Waals surface area contributed by atoms with Crippen LogP contribution in [0.3, 0.4) is 0 Å². The predicted octanol–water partition coefficient (Wildman–Crippen LogP) is 2.63. The molecule has 1 aromatic rings. The first-order chi connectivity index (χ1) is 6.49. The van der Waals surface area contributed by atoms with E-state index in [1.54, 1.807) is 0 Å². The van der Waals surface area contributed by atoms with E-state index in [2.05, 4.69) is 20.7 Å². The summed E-state index contributed by atoms with van der Waals surface area (Å²) in [5, 5.41) is 0. The summed E-state index contributed by atoms with van der Waals surface area (Å²) in [7, 11) is 0. The lowest BCUT2D eigenvalue weighted by atomic mass is 10.3. The van der Waals surface area contributed by atoms with Crippen molar-refractivity contribution in [1.82, 2.24) is 0 Å². The van der Waals surface area contributed by atoms with E-state index in [1.807, 2.05) is 0 Å². The minimum absolute atomic E-state index is 0.00461. The first-order valence-corrected chi connectivity index (χ1v) is 5.25. The van der Waals surface area contributed by atoms with Gasteiger partial charge in [0, 0.05) is 4.47 Å². The van der Waals surface area contributed by atoms with Crippen LogP contribution in [0.15, 0.2) is 27.6 Å². The highest BCUT2D eigenvalue weighted by atomic mass is 79.9. The lowest BCUT2D eigenvalue weighted by Crippen LogP contribution is -2.02. The van der Waals surface area contributed by atoms with Crippen molar-refractivity contribution >= 4 is 27.0 Å². The van der Waals surface area contributed by atoms with Gasteiger partial charge < -0.3 is 9.29 Å². The molecule has 0 fully saturated rings. The van der Waals surface area contributed by atoms with Gasteiger partial charge in [-0.1, -0.05) is 15.9 Å². The quantitative estimate of drug-likeness (QED) is 0.869. The number of alkyl halides is 2. The Bertz CT molecular complexity index is 359. The third-order valence-electron chi connectivity index (χ3n) is 1.27. The number of hydrogen-bond acceptors (Lipinski definition) is 2. The van der Waals surface area contributed by atoms with Gasteiger partial charge >= 0.3 is 6.61 Å². The van der Waals surface area contributed by atoms with Gasteiger partial charge in [0.05, 0.1) is 4.90 Å². The van der Waals surface area contributed by atoms with Crippen LogP contribution in [0.2, 0.25) is 0 Å². The zero-order chi connectivity index (χ0) is 10.7. The van der Waals surface area contributed by atoms with Gasteiger partial charge in [-0.25, -0.2) is 4.21 Å². The molecule has 0 aliphatic carbocycles. The van der Waals surface area contributed by atoms with E-state index in [1.165, 1.54) is 12.1 Å². The van der Waals surface area contributed by atoms with E-state index >= 15 is 0 Å². The van der Waals surface area contributed by atoms with E-state index in [-0.39, 0.29) is 10.6 Å². The smallest absolute Gasteiger partial charge is 0.387 e. The molecule has 0 amide bonds. The lowest BCUT2D eigenvalue weighted by Gasteiger charge is -2.05. The number of benzene rings is 1. The Morgan fingerprint density at radius 1 is 1.43 bits per heavy atom. The molecule has 78 valence electrons. The minimum Gasteiger partial charge on any atom is -0.435 e. The van der Waals surface area contributed by atoms with Crippen molar-refractivity contribution in [2.75, 3.05) is 0 Å². The monoisotopic (exact) mass is 286 g/mol. The highest BCUT2D eigenvalue weighted by molar-refractivity contribution is 9.10. The summed E-state index contributed by atoms with van der Waals surface area (Å²) in [5.41, 5.74) is 0. The maximum atomic E-state index is 11.8. The van der Waals surface area contributed by atoms with Crippen LogP contribution in [0.5, 0.6) is 5.75 Å². The molecule has 0 aliphatic rings. The molecule has 1 atom stereocenters. The van der Waals surface area contributed by atoms with Crippen LogP contribution in [-0.4, -0.2) is 15.4 Å². The first-order valence-electron chi connectivity index (χ1n) is 3.35. The Balaban J connectivity index is 3.01. The van der Waals surface area contributed by atoms with Gasteiger partial charge in [0.1, 0.15) is 5.75 Å². The average Bonchev–Trinajstić information content (AvgIpc) is 2.01. The van der Waals surface area contributed by atoms with Crippen molar-refractivity contribution in [3.05, 3.63) is 22.7 Å². The van der Waals surface area contributed by atoms with Gasteiger partial charge in [-0.2, -0.15) is 8.78 Å². The van der Waals surface area contributed by atoms with E-state index in [0.717, 1.165) is 6.07 Å². The van der Waals surface area contributed by atoms with E-state index < -0.39 is 17.7 Å². The molecule has 1 unspecified atom stereocenters. The Hall–Kier alpha value is -0.530. The molecule has 1 rings (SSSR count). The van der Waals surface area contributed by atoms with Crippen LogP contribution in [0.1, 0.15) is 0 Å². The number of ether oxygens (including phenoxy) is 1. The highest BCUT2D eigenvalue weighted by Crippen LogP contribution is 2.24. The molecule has 0 aliphatic heterocycles. The maximum absolute atomic E-state index is 11.8. The van der Waals surface area contributed by atoms with Crippen molar-refractivity contribution in [2.45, 2.75) is 11.5 Å². The Labute approximate surface area is 89.5 Å². The van der Waals surface area contributed by atoms with Crippen molar-refractivity contribution in [2.24, 2.45) is 0 Å². The van der Waals surface area contributed by atoms with Crippen LogP contribution >= 0.6 is 15.9 Å². The van der Waals surface area contributed by atoms with E-state index in [0.29, 0.717) is 4.47 Å². The normalized spacial score (nSPS) is 12.9. The summed E-state index contributed by atoms with van der Waals surface area (Å²) >= 11 is 0.782. The molecule has 0 radical (unpaired) electrons. The summed E-state index contributed by atoms with van der Waals surface area (Å²) < 4.78 is 47.4. The number of hydrogen-bond donors (Lipinski definition) is 1. The van der Waals surface area contributed by atoms with Crippen molar-refractivity contribution in [3.8, 4) is 5.75 Å². The molecule has 0 saturated heterocycles. The van der Waals surface area contributed by atoms with E-state index in [9.17, 15) is 13.0 Å². The predicted molar refractivity (Wildman–Crippen MR) is 49.8 cm³/mol. The zero-order valence-electron chi connectivity index (χ0n) is 6.62. The highest BCUT2D eigenvalue weighted by Gasteiger charge is 2.08. The molecule has 3 nitrogen and oxygen atoms in total. The number of halogens is 3. The fraction of sp³-hybridized carbons (Fsp3) is 0.143. The molecular weight excluding hydrogens is 282 g/mol. The van der Waals surface area contributed by atoms with Crippen LogP contribution in [-0.2, 0) is 11.1 Å². The summed E-state index contributed by atoms with van der Waals surface area (Å²) in [6.45, 7) is -2.95. The van der Waals surface area contributed by atoms with Gasteiger partial charge in [0.15, 0.2) is 11.1 Å². The molecule has 0 spiro atoms. The molecule has 7 heteroatoms. The second-order valence-corrected chi connectivity index (χ2v) is 4.14. The van der Waals surface area contributed by atoms with E-state index in [4.69, 9.17) is 4.55 Å². The second-order valence-electron chi connectivity index (χ2n) is 2.25. The third-order valence-corrected chi connectivity index (χ3v) is 2.37. The first kappa shape index (κ1) is 11.5. The van der Waals surface area contributed by atoms with Crippen molar-refractivity contribution in [3.63, 3.8) is 0 Å². The molecule has 0 heterocycles. The zero-order valence-corrected chi connectivity index (χ0v) is 9.02. The largest absolute Gasteiger partial charge is 0.435 e. The summed E-state index contributed by atoms with van der Waals surface area (Å²) in [6.07, 6.45) is 0. The van der Waals surface area contributed by atoms with Gasteiger partial charge in [-0.3, -0.25) is 0 Å². The third kappa shape index (κ3) is 3.32. The molecule has 14 heavy (non-hydrogen) atoms. The minimum atomic E-state index is -2.95. The fourth-order valence-electron chi connectivity index (χ4n) is 0.809. The number of rotatable bonds is 3. The summed E-state index contributed by atoms with van der Waals surface area (Å²) in [5.74, 6) is -0.160. The topological polar surface area (TPSA) is 46.5 Å². The Morgan fingerprint density at radius 3 is 2.57 bits per heavy atom. The summed E-state index contributed by atoms with van der Waals surface area (Å²) in [4.78, 5) is -0.00461. The van der Waals surface area contributed by atoms with Gasteiger partial charge in [-0.15, -0.1) is 0 Å².